The molecule has 8 nitrogen and oxygen atoms in total. The maximum atomic E-state index is 13.0. The lowest BCUT2D eigenvalue weighted by molar-refractivity contribution is -0.116. The van der Waals surface area contributed by atoms with Crippen molar-refractivity contribution in [1.29, 1.82) is 0 Å². The molecule has 0 bridgehead atoms. The number of ketones is 1. The molecule has 0 saturated heterocycles. The van der Waals surface area contributed by atoms with Crippen LogP contribution in [0.4, 0.5) is 5.69 Å². The van der Waals surface area contributed by atoms with E-state index in [0.717, 1.165) is 11.3 Å². The van der Waals surface area contributed by atoms with E-state index in [9.17, 15) is 19.2 Å². The van der Waals surface area contributed by atoms with E-state index in [1.165, 1.54) is 18.5 Å². The van der Waals surface area contributed by atoms with Gasteiger partial charge in [-0.1, -0.05) is 25.1 Å². The van der Waals surface area contributed by atoms with Crippen LogP contribution in [0.5, 0.6) is 0 Å². The normalized spacial score (nSPS) is 13.6. The first-order valence-electron chi connectivity index (χ1n) is 11.0. The van der Waals surface area contributed by atoms with Gasteiger partial charge in [0.15, 0.2) is 11.8 Å². The molecule has 0 unspecified atom stereocenters. The second-order valence-electron chi connectivity index (χ2n) is 8.10. The maximum absolute atomic E-state index is 13.0. The number of hydrogen-bond acceptors (Lipinski definition) is 6. The Morgan fingerprint density at radius 2 is 1.85 bits per heavy atom. The van der Waals surface area contributed by atoms with Crippen molar-refractivity contribution in [3.63, 3.8) is 0 Å². The molecule has 1 aliphatic heterocycles. The molecule has 0 N–H and O–H groups in total. The Morgan fingerprint density at radius 1 is 1.12 bits per heavy atom. The molecule has 1 amide bonds. The lowest BCUT2D eigenvalue weighted by Crippen LogP contribution is -2.29. The van der Waals surface area contributed by atoms with Gasteiger partial charge in [-0.3, -0.25) is 14.4 Å². The number of Topliss-reactive ketones (excluding diaryl/α,β-unsaturated/α-hetero) is 1. The van der Waals surface area contributed by atoms with Crippen LogP contribution in [0.15, 0.2) is 47.3 Å². The highest BCUT2D eigenvalue weighted by Gasteiger charge is 2.27. The number of benzene rings is 2. The molecule has 0 spiro atoms. The summed E-state index contributed by atoms with van der Waals surface area (Å²) >= 11 is 0. The Balaban J connectivity index is 1.59. The fourth-order valence-electron chi connectivity index (χ4n) is 4.14. The zero-order chi connectivity index (χ0) is 23.7. The summed E-state index contributed by atoms with van der Waals surface area (Å²) in [6, 6.07) is 11.9. The molecule has 1 aliphatic rings. The van der Waals surface area contributed by atoms with E-state index in [2.05, 4.69) is 5.10 Å². The molecule has 1 atom stereocenters. The van der Waals surface area contributed by atoms with Crippen molar-refractivity contribution < 1.29 is 19.1 Å². The van der Waals surface area contributed by atoms with Crippen LogP contribution >= 0.6 is 0 Å². The van der Waals surface area contributed by atoms with Crippen molar-refractivity contribution in [2.24, 2.45) is 0 Å². The lowest BCUT2D eigenvalue weighted by atomic mass is 10.0. The summed E-state index contributed by atoms with van der Waals surface area (Å²) < 4.78 is 6.74. The van der Waals surface area contributed by atoms with Crippen LogP contribution in [-0.4, -0.2) is 40.1 Å². The van der Waals surface area contributed by atoms with Crippen LogP contribution in [-0.2, 0) is 22.5 Å². The average Bonchev–Trinajstić information content (AvgIpc) is 3.24. The molecular weight excluding hydrogens is 422 g/mol. The number of nitrogens with zero attached hydrogens (tertiary/aromatic N) is 3. The topological polar surface area (TPSA) is 98.6 Å². The van der Waals surface area contributed by atoms with E-state index in [0.29, 0.717) is 42.3 Å². The van der Waals surface area contributed by atoms with E-state index >= 15 is 0 Å². The maximum Gasteiger partial charge on any atom is 0.360 e. The second-order valence-corrected chi connectivity index (χ2v) is 8.10. The van der Waals surface area contributed by atoms with Gasteiger partial charge in [-0.2, -0.15) is 5.10 Å². The number of aromatic nitrogens is 2. The number of carbonyl (C=O) groups is 3. The van der Waals surface area contributed by atoms with Crippen molar-refractivity contribution >= 4 is 34.1 Å². The summed E-state index contributed by atoms with van der Waals surface area (Å²) in [6.07, 6.45) is 0.292. The van der Waals surface area contributed by atoms with Gasteiger partial charge in [0.05, 0.1) is 5.39 Å². The zero-order valence-corrected chi connectivity index (χ0v) is 18.8. The largest absolute Gasteiger partial charge is 0.449 e. The highest BCUT2D eigenvalue weighted by atomic mass is 16.5. The summed E-state index contributed by atoms with van der Waals surface area (Å²) in [5.74, 6) is -1.15. The molecule has 2 heterocycles. The molecule has 0 radical (unpaired) electrons. The number of carbonyl (C=O) groups excluding carboxylic acids is 3. The number of ether oxygens (including phenoxy) is 1. The lowest BCUT2D eigenvalue weighted by Gasteiger charge is -2.16. The minimum Gasteiger partial charge on any atom is -0.449 e. The molecule has 1 aromatic heterocycles. The van der Waals surface area contributed by atoms with Crippen LogP contribution in [0.25, 0.3) is 10.8 Å². The Morgan fingerprint density at radius 3 is 2.55 bits per heavy atom. The number of amides is 1. The van der Waals surface area contributed by atoms with Crippen LogP contribution in [0, 0.1) is 0 Å². The van der Waals surface area contributed by atoms with Gasteiger partial charge in [-0.15, -0.1) is 0 Å². The van der Waals surface area contributed by atoms with Crippen molar-refractivity contribution in [3.05, 3.63) is 69.6 Å². The third-order valence-corrected chi connectivity index (χ3v) is 5.79. The molecule has 4 rings (SSSR count). The van der Waals surface area contributed by atoms with Crippen molar-refractivity contribution in [3.8, 4) is 0 Å². The van der Waals surface area contributed by atoms with Gasteiger partial charge in [0, 0.05) is 36.7 Å². The van der Waals surface area contributed by atoms with Gasteiger partial charge >= 0.3 is 5.97 Å². The first-order valence-corrected chi connectivity index (χ1v) is 11.0. The standard InChI is InChI=1S/C25H25N3O5/c1-4-12-28-24(31)20-8-6-5-7-19(20)22(26-28)25(32)33-15(2)23(30)18-9-10-21-17(14-18)11-13-27(21)16(3)29/h5-10,14-15H,4,11-13H2,1-3H3/t15-/m0/s1. The number of anilines is 1. The van der Waals surface area contributed by atoms with Crippen molar-refractivity contribution in [2.45, 2.75) is 46.3 Å². The van der Waals surface area contributed by atoms with Crippen LogP contribution < -0.4 is 10.5 Å². The van der Waals surface area contributed by atoms with E-state index in [1.54, 1.807) is 47.4 Å². The Kier molecular flexibility index (Phi) is 6.09. The first kappa shape index (κ1) is 22.4. The van der Waals surface area contributed by atoms with Gasteiger partial charge in [-0.25, -0.2) is 9.48 Å². The number of fused-ring (bicyclic) bond motifs is 2. The average molecular weight is 447 g/mol. The minimum absolute atomic E-state index is 0.00403. The summed E-state index contributed by atoms with van der Waals surface area (Å²) in [4.78, 5) is 52.0. The zero-order valence-electron chi connectivity index (χ0n) is 18.8. The summed E-state index contributed by atoms with van der Waals surface area (Å²) in [6.45, 7) is 5.88. The smallest absolute Gasteiger partial charge is 0.360 e. The van der Waals surface area contributed by atoms with Crippen LogP contribution in [0.1, 0.15) is 53.6 Å². The summed E-state index contributed by atoms with van der Waals surface area (Å²) in [5.41, 5.74) is 1.86. The van der Waals surface area contributed by atoms with Gasteiger partial charge in [0.1, 0.15) is 0 Å². The van der Waals surface area contributed by atoms with Crippen molar-refractivity contribution in [1.82, 2.24) is 9.78 Å². The fraction of sp³-hybridized carbons (Fsp3) is 0.320. The number of hydrogen-bond donors (Lipinski definition) is 0. The minimum atomic E-state index is -1.05. The Labute approximate surface area is 190 Å². The van der Waals surface area contributed by atoms with E-state index in [-0.39, 0.29) is 22.9 Å². The predicted octanol–water partition coefficient (Wildman–Crippen LogP) is 3.14. The highest BCUT2D eigenvalue weighted by molar-refractivity contribution is 6.05. The van der Waals surface area contributed by atoms with Crippen molar-refractivity contribution in [2.75, 3.05) is 11.4 Å². The number of esters is 1. The number of aryl methyl sites for hydroxylation is 1. The molecule has 2 aromatic carbocycles. The molecule has 0 aliphatic carbocycles. The Bertz CT molecular complexity index is 1330. The van der Waals surface area contributed by atoms with E-state index < -0.39 is 12.1 Å². The fourth-order valence-corrected chi connectivity index (χ4v) is 4.14. The van der Waals surface area contributed by atoms with E-state index in [4.69, 9.17) is 4.74 Å². The quantitative estimate of drug-likeness (QED) is 0.425. The van der Waals surface area contributed by atoms with Gasteiger partial charge in [0.2, 0.25) is 11.7 Å². The molecule has 0 fully saturated rings. The molecule has 33 heavy (non-hydrogen) atoms. The number of rotatable bonds is 6. The second kappa shape index (κ2) is 8.97. The summed E-state index contributed by atoms with van der Waals surface area (Å²) in [7, 11) is 0. The third kappa shape index (κ3) is 4.16. The predicted molar refractivity (Wildman–Crippen MR) is 124 cm³/mol. The van der Waals surface area contributed by atoms with Gasteiger partial charge < -0.3 is 9.64 Å². The monoisotopic (exact) mass is 447 g/mol. The highest BCUT2D eigenvalue weighted by Crippen LogP contribution is 2.29. The first-order chi connectivity index (χ1) is 15.8. The molecule has 0 saturated carbocycles. The summed E-state index contributed by atoms with van der Waals surface area (Å²) in [5, 5.41) is 4.99. The van der Waals surface area contributed by atoms with E-state index in [1.807, 2.05) is 6.92 Å². The third-order valence-electron chi connectivity index (χ3n) is 5.79. The Hall–Kier alpha value is -3.81. The van der Waals surface area contributed by atoms with Gasteiger partial charge in [-0.05, 0) is 49.6 Å². The van der Waals surface area contributed by atoms with Crippen LogP contribution in [0.2, 0.25) is 0 Å². The molecular formula is C25H25N3O5. The van der Waals surface area contributed by atoms with Gasteiger partial charge in [0.25, 0.3) is 5.56 Å². The molecule has 8 heteroatoms. The molecule has 170 valence electrons. The van der Waals surface area contributed by atoms with Crippen LogP contribution in [0.3, 0.4) is 0 Å². The SMILES string of the molecule is CCCn1nc(C(=O)O[C@@H](C)C(=O)c2ccc3c(c2)CCN3C(C)=O)c2ccccc2c1=O. The molecule has 3 aromatic rings.